The van der Waals surface area contributed by atoms with Crippen LogP contribution in [0.5, 0.6) is 0 Å². The van der Waals surface area contributed by atoms with E-state index in [1.165, 1.54) is 11.1 Å². The van der Waals surface area contributed by atoms with Gasteiger partial charge in [-0.2, -0.15) is 0 Å². The maximum atomic E-state index is 6.08. The first-order valence-electron chi connectivity index (χ1n) is 8.62. The summed E-state index contributed by atoms with van der Waals surface area (Å²) in [6.45, 7) is 0. The average molecular weight is 336 g/mol. The quantitative estimate of drug-likeness (QED) is 0.461. The van der Waals surface area contributed by atoms with E-state index in [0.717, 1.165) is 33.6 Å². The molecule has 2 heteroatoms. The van der Waals surface area contributed by atoms with Crippen molar-refractivity contribution < 1.29 is 0 Å². The number of nitrogen functional groups attached to an aromatic ring is 2. The van der Waals surface area contributed by atoms with Crippen LogP contribution in [-0.2, 0) is 0 Å². The second kappa shape index (κ2) is 6.77. The van der Waals surface area contributed by atoms with Gasteiger partial charge in [0.15, 0.2) is 0 Å². The van der Waals surface area contributed by atoms with Gasteiger partial charge < -0.3 is 11.5 Å². The fourth-order valence-electron chi connectivity index (χ4n) is 3.36. The number of benzene rings is 4. The van der Waals surface area contributed by atoms with Crippen LogP contribution in [0, 0.1) is 0 Å². The average Bonchev–Trinajstić information content (AvgIpc) is 2.68. The molecular formula is C24H20N2. The van der Waals surface area contributed by atoms with Gasteiger partial charge >= 0.3 is 0 Å². The van der Waals surface area contributed by atoms with Crippen molar-refractivity contribution in [3.8, 4) is 33.4 Å². The Morgan fingerprint density at radius 1 is 0.423 bits per heavy atom. The van der Waals surface area contributed by atoms with E-state index < -0.39 is 0 Å². The fraction of sp³-hybridized carbons (Fsp3) is 0. The highest BCUT2D eigenvalue weighted by Crippen LogP contribution is 2.40. The minimum absolute atomic E-state index is 0.754. The molecule has 0 fully saturated rings. The molecule has 0 saturated carbocycles. The van der Waals surface area contributed by atoms with Gasteiger partial charge in [-0.3, -0.25) is 0 Å². The van der Waals surface area contributed by atoms with Crippen molar-refractivity contribution in [3.63, 3.8) is 0 Å². The maximum Gasteiger partial charge on any atom is 0.0320 e. The smallest absolute Gasteiger partial charge is 0.0320 e. The van der Waals surface area contributed by atoms with Crippen molar-refractivity contribution in [2.24, 2.45) is 0 Å². The van der Waals surface area contributed by atoms with Crippen LogP contribution in [0.15, 0.2) is 97.1 Å². The van der Waals surface area contributed by atoms with Gasteiger partial charge in [0.25, 0.3) is 0 Å². The first-order valence-corrected chi connectivity index (χ1v) is 8.62. The third-order valence-electron chi connectivity index (χ3n) is 4.52. The highest BCUT2D eigenvalue weighted by Gasteiger charge is 2.14. The van der Waals surface area contributed by atoms with Crippen LogP contribution in [0.2, 0.25) is 0 Å². The SMILES string of the molecule is Nc1cccc(-c2cccc(-c3ccccc3)c2-c2cccc(N)c2)c1. The lowest BCUT2D eigenvalue weighted by Gasteiger charge is -2.17. The van der Waals surface area contributed by atoms with Gasteiger partial charge in [0, 0.05) is 11.4 Å². The van der Waals surface area contributed by atoms with Gasteiger partial charge in [0.1, 0.15) is 0 Å². The molecule has 126 valence electrons. The molecule has 0 bridgehead atoms. The van der Waals surface area contributed by atoms with Crippen molar-refractivity contribution in [2.45, 2.75) is 0 Å². The first kappa shape index (κ1) is 16.0. The predicted molar refractivity (Wildman–Crippen MR) is 112 cm³/mol. The highest BCUT2D eigenvalue weighted by atomic mass is 14.5. The molecule has 4 aromatic carbocycles. The van der Waals surface area contributed by atoms with Crippen LogP contribution in [0.3, 0.4) is 0 Å². The third-order valence-corrected chi connectivity index (χ3v) is 4.52. The zero-order valence-electron chi connectivity index (χ0n) is 14.4. The Bertz CT molecular complexity index is 1050. The van der Waals surface area contributed by atoms with Gasteiger partial charge in [0.2, 0.25) is 0 Å². The summed E-state index contributed by atoms with van der Waals surface area (Å²) in [5, 5.41) is 0. The Morgan fingerprint density at radius 3 is 1.58 bits per heavy atom. The molecule has 0 atom stereocenters. The topological polar surface area (TPSA) is 52.0 Å². The third kappa shape index (κ3) is 3.05. The van der Waals surface area contributed by atoms with Gasteiger partial charge in [-0.05, 0) is 57.6 Å². The second-order valence-electron chi connectivity index (χ2n) is 6.35. The van der Waals surface area contributed by atoms with E-state index in [9.17, 15) is 0 Å². The van der Waals surface area contributed by atoms with Crippen molar-refractivity contribution in [1.82, 2.24) is 0 Å². The van der Waals surface area contributed by atoms with E-state index in [-0.39, 0.29) is 0 Å². The molecule has 26 heavy (non-hydrogen) atoms. The summed E-state index contributed by atoms with van der Waals surface area (Å²) in [5.41, 5.74) is 20.5. The van der Waals surface area contributed by atoms with E-state index in [4.69, 9.17) is 11.5 Å². The molecule has 0 aliphatic heterocycles. The van der Waals surface area contributed by atoms with Gasteiger partial charge in [-0.1, -0.05) is 72.8 Å². The normalized spacial score (nSPS) is 10.6. The lowest BCUT2D eigenvalue weighted by atomic mass is 9.87. The van der Waals surface area contributed by atoms with Gasteiger partial charge in [-0.25, -0.2) is 0 Å². The number of nitrogens with two attached hydrogens (primary N) is 2. The standard InChI is InChI=1S/C24H20N2/c25-20-11-4-9-18(15-20)23-14-6-13-22(17-7-2-1-3-8-17)24(23)19-10-5-12-21(26)16-19/h1-16H,25-26H2. The van der Waals surface area contributed by atoms with Crippen LogP contribution >= 0.6 is 0 Å². The van der Waals surface area contributed by atoms with E-state index in [2.05, 4.69) is 54.6 Å². The number of rotatable bonds is 3. The van der Waals surface area contributed by atoms with Crippen LogP contribution < -0.4 is 11.5 Å². The summed E-state index contributed by atoms with van der Waals surface area (Å²) < 4.78 is 0. The van der Waals surface area contributed by atoms with E-state index in [1.807, 2.05) is 42.5 Å². The first-order chi connectivity index (χ1) is 12.7. The molecule has 0 aliphatic rings. The summed E-state index contributed by atoms with van der Waals surface area (Å²) in [6.07, 6.45) is 0. The molecule has 0 heterocycles. The van der Waals surface area contributed by atoms with Crippen molar-refractivity contribution in [3.05, 3.63) is 97.1 Å². The van der Waals surface area contributed by atoms with E-state index in [0.29, 0.717) is 0 Å². The van der Waals surface area contributed by atoms with Crippen LogP contribution in [0.25, 0.3) is 33.4 Å². The molecule has 4 aromatic rings. The minimum atomic E-state index is 0.754. The van der Waals surface area contributed by atoms with Crippen LogP contribution in [-0.4, -0.2) is 0 Å². The summed E-state index contributed by atoms with van der Waals surface area (Å²) in [5.74, 6) is 0. The van der Waals surface area contributed by atoms with Gasteiger partial charge in [-0.15, -0.1) is 0 Å². The highest BCUT2D eigenvalue weighted by molar-refractivity contribution is 5.95. The summed E-state index contributed by atoms with van der Waals surface area (Å²) in [4.78, 5) is 0. The Labute approximate surface area is 153 Å². The fourth-order valence-corrected chi connectivity index (χ4v) is 3.36. The lowest BCUT2D eigenvalue weighted by molar-refractivity contribution is 1.55. The summed E-state index contributed by atoms with van der Waals surface area (Å²) in [6, 6.07) is 32.9. The molecule has 4 N–H and O–H groups in total. The predicted octanol–water partition coefficient (Wildman–Crippen LogP) is 5.85. The van der Waals surface area contributed by atoms with E-state index in [1.54, 1.807) is 0 Å². The van der Waals surface area contributed by atoms with Crippen molar-refractivity contribution in [2.75, 3.05) is 11.5 Å². The zero-order chi connectivity index (χ0) is 17.9. The zero-order valence-corrected chi connectivity index (χ0v) is 14.4. The Balaban J connectivity index is 2.04. The molecule has 4 rings (SSSR count). The number of hydrogen-bond acceptors (Lipinski definition) is 2. The minimum Gasteiger partial charge on any atom is -0.399 e. The lowest BCUT2D eigenvalue weighted by Crippen LogP contribution is -1.93. The molecule has 0 aliphatic carbocycles. The Morgan fingerprint density at radius 2 is 0.923 bits per heavy atom. The molecule has 0 aromatic heterocycles. The number of hydrogen-bond donors (Lipinski definition) is 2. The van der Waals surface area contributed by atoms with Crippen LogP contribution in [0.1, 0.15) is 0 Å². The van der Waals surface area contributed by atoms with Gasteiger partial charge in [0.05, 0.1) is 0 Å². The van der Waals surface area contributed by atoms with E-state index >= 15 is 0 Å². The molecule has 2 nitrogen and oxygen atoms in total. The molecule has 0 saturated heterocycles. The Kier molecular flexibility index (Phi) is 4.16. The summed E-state index contributed by atoms with van der Waals surface area (Å²) >= 11 is 0. The van der Waals surface area contributed by atoms with Crippen molar-refractivity contribution >= 4 is 11.4 Å². The number of anilines is 2. The molecule has 0 spiro atoms. The summed E-state index contributed by atoms with van der Waals surface area (Å²) in [7, 11) is 0. The Hall–Kier alpha value is -3.52. The van der Waals surface area contributed by atoms with Crippen LogP contribution in [0.4, 0.5) is 11.4 Å². The van der Waals surface area contributed by atoms with Crippen molar-refractivity contribution in [1.29, 1.82) is 0 Å². The molecule has 0 amide bonds. The largest absolute Gasteiger partial charge is 0.399 e. The maximum absolute atomic E-state index is 6.08. The molecule has 0 unspecified atom stereocenters. The molecular weight excluding hydrogens is 316 g/mol. The monoisotopic (exact) mass is 336 g/mol. The second-order valence-corrected chi connectivity index (χ2v) is 6.35. The molecule has 0 radical (unpaired) electrons.